The number of hydrogen-bond acceptors (Lipinski definition) is 4. The fourth-order valence-corrected chi connectivity index (χ4v) is 1.78. The fourth-order valence-electron chi connectivity index (χ4n) is 1.11. The molecule has 0 radical (unpaired) electrons. The lowest BCUT2D eigenvalue weighted by atomic mass is 10.2. The van der Waals surface area contributed by atoms with Crippen LogP contribution in [0.25, 0.3) is 0 Å². The van der Waals surface area contributed by atoms with Crippen molar-refractivity contribution in [2.75, 3.05) is 13.7 Å². The predicted molar refractivity (Wildman–Crippen MR) is 57.2 cm³/mol. The number of ether oxygens (including phenoxy) is 1. The second-order valence-electron chi connectivity index (χ2n) is 3.13. The Balaban J connectivity index is 2.18. The topological polar surface area (TPSA) is 38.3 Å². The third kappa shape index (κ3) is 3.47. The van der Waals surface area contributed by atoms with Gasteiger partial charge in [-0.1, -0.05) is 13.0 Å². The highest BCUT2D eigenvalue weighted by Crippen LogP contribution is 2.07. The van der Waals surface area contributed by atoms with Crippen molar-refractivity contribution in [3.8, 4) is 0 Å². The van der Waals surface area contributed by atoms with Gasteiger partial charge in [-0.2, -0.15) is 0 Å². The second-order valence-corrected chi connectivity index (χ2v) is 4.17. The molecule has 0 fully saturated rings. The first-order valence-electron chi connectivity index (χ1n) is 4.55. The number of hydrogen-bond donors (Lipinski definition) is 1. The highest BCUT2D eigenvalue weighted by atomic mass is 32.1. The molecule has 1 heterocycles. The smallest absolute Gasteiger partial charge is 0.309 e. The van der Waals surface area contributed by atoms with Gasteiger partial charge in [-0.15, -0.1) is 11.3 Å². The van der Waals surface area contributed by atoms with E-state index in [1.807, 2.05) is 18.4 Å². The van der Waals surface area contributed by atoms with Crippen LogP contribution in [0.15, 0.2) is 17.5 Å². The number of thiophene rings is 1. The van der Waals surface area contributed by atoms with Gasteiger partial charge in [-0.05, 0) is 11.4 Å². The molecular formula is C10H15NO2S. The lowest BCUT2D eigenvalue weighted by Crippen LogP contribution is -2.26. The summed E-state index contributed by atoms with van der Waals surface area (Å²) in [5.41, 5.74) is 0. The maximum atomic E-state index is 11.0. The molecule has 1 aromatic rings. The molecular weight excluding hydrogens is 198 g/mol. The maximum absolute atomic E-state index is 11.0. The molecule has 0 aliphatic rings. The number of rotatable bonds is 5. The van der Waals surface area contributed by atoms with Crippen molar-refractivity contribution in [2.45, 2.75) is 13.5 Å². The van der Waals surface area contributed by atoms with Crippen LogP contribution in [-0.4, -0.2) is 19.6 Å². The van der Waals surface area contributed by atoms with Crippen LogP contribution in [0.4, 0.5) is 0 Å². The normalized spacial score (nSPS) is 12.4. The highest BCUT2D eigenvalue weighted by molar-refractivity contribution is 7.09. The number of esters is 1. The van der Waals surface area contributed by atoms with E-state index in [0.29, 0.717) is 6.54 Å². The summed E-state index contributed by atoms with van der Waals surface area (Å²) in [7, 11) is 1.41. The first-order valence-corrected chi connectivity index (χ1v) is 5.43. The van der Waals surface area contributed by atoms with E-state index in [9.17, 15) is 4.79 Å². The Morgan fingerprint density at radius 2 is 2.50 bits per heavy atom. The van der Waals surface area contributed by atoms with Gasteiger partial charge in [0.25, 0.3) is 0 Å². The largest absolute Gasteiger partial charge is 0.469 e. The van der Waals surface area contributed by atoms with Crippen molar-refractivity contribution in [3.63, 3.8) is 0 Å². The van der Waals surface area contributed by atoms with E-state index in [1.165, 1.54) is 12.0 Å². The molecule has 4 heteroatoms. The summed E-state index contributed by atoms with van der Waals surface area (Å²) in [5, 5.41) is 5.25. The van der Waals surface area contributed by atoms with Crippen molar-refractivity contribution >= 4 is 17.3 Å². The number of nitrogens with one attached hydrogen (secondary N) is 1. The zero-order valence-electron chi connectivity index (χ0n) is 8.45. The van der Waals surface area contributed by atoms with Gasteiger partial charge in [-0.25, -0.2) is 0 Å². The van der Waals surface area contributed by atoms with Gasteiger partial charge in [0.15, 0.2) is 0 Å². The summed E-state index contributed by atoms with van der Waals surface area (Å²) in [6.07, 6.45) is 0. The molecule has 1 aromatic heterocycles. The molecule has 0 aliphatic carbocycles. The summed E-state index contributed by atoms with van der Waals surface area (Å²) >= 11 is 1.71. The average molecular weight is 213 g/mol. The Morgan fingerprint density at radius 3 is 3.07 bits per heavy atom. The Kier molecular flexibility index (Phi) is 4.62. The Morgan fingerprint density at radius 1 is 1.71 bits per heavy atom. The van der Waals surface area contributed by atoms with Crippen LogP contribution in [0.5, 0.6) is 0 Å². The van der Waals surface area contributed by atoms with Gasteiger partial charge < -0.3 is 10.1 Å². The minimum atomic E-state index is -0.163. The molecule has 3 nitrogen and oxygen atoms in total. The van der Waals surface area contributed by atoms with E-state index in [-0.39, 0.29) is 11.9 Å². The monoisotopic (exact) mass is 213 g/mol. The molecule has 0 aromatic carbocycles. The Hall–Kier alpha value is -0.870. The van der Waals surface area contributed by atoms with Crippen molar-refractivity contribution in [2.24, 2.45) is 5.92 Å². The molecule has 0 bridgehead atoms. The van der Waals surface area contributed by atoms with Crippen molar-refractivity contribution in [1.82, 2.24) is 5.32 Å². The molecule has 0 saturated carbocycles. The van der Waals surface area contributed by atoms with E-state index in [2.05, 4.69) is 16.1 Å². The van der Waals surface area contributed by atoms with Crippen molar-refractivity contribution in [1.29, 1.82) is 0 Å². The van der Waals surface area contributed by atoms with Crippen LogP contribution >= 0.6 is 11.3 Å². The lowest BCUT2D eigenvalue weighted by molar-refractivity contribution is -0.144. The first kappa shape index (κ1) is 11.2. The maximum Gasteiger partial charge on any atom is 0.309 e. The molecule has 14 heavy (non-hydrogen) atoms. The summed E-state index contributed by atoms with van der Waals surface area (Å²) in [6, 6.07) is 4.09. The minimum Gasteiger partial charge on any atom is -0.469 e. The molecule has 0 unspecified atom stereocenters. The molecule has 1 N–H and O–H groups in total. The molecule has 0 amide bonds. The van der Waals surface area contributed by atoms with E-state index in [0.717, 1.165) is 6.54 Å². The highest BCUT2D eigenvalue weighted by Gasteiger charge is 2.11. The zero-order valence-corrected chi connectivity index (χ0v) is 9.26. The molecule has 0 aliphatic heterocycles. The number of carbonyl (C=O) groups excluding carboxylic acids is 1. The summed E-state index contributed by atoms with van der Waals surface area (Å²) in [6.45, 7) is 3.33. The Labute approximate surface area is 88.1 Å². The first-order chi connectivity index (χ1) is 6.74. The van der Waals surface area contributed by atoms with E-state index in [1.54, 1.807) is 11.3 Å². The molecule has 1 atom stereocenters. The third-order valence-corrected chi connectivity index (χ3v) is 2.81. The lowest BCUT2D eigenvalue weighted by Gasteiger charge is -2.09. The van der Waals surface area contributed by atoms with Gasteiger partial charge in [-0.3, -0.25) is 4.79 Å². The van der Waals surface area contributed by atoms with Crippen molar-refractivity contribution < 1.29 is 9.53 Å². The second kappa shape index (κ2) is 5.78. The van der Waals surface area contributed by atoms with E-state index >= 15 is 0 Å². The average Bonchev–Trinajstić information content (AvgIpc) is 2.69. The standard InChI is InChI=1S/C10H15NO2S/c1-8(10(12)13-2)6-11-7-9-4-3-5-14-9/h3-5,8,11H,6-7H2,1-2H3/t8-/m1/s1. The molecule has 0 saturated heterocycles. The van der Waals surface area contributed by atoms with Gasteiger partial charge in [0, 0.05) is 18.0 Å². The van der Waals surface area contributed by atoms with Crippen LogP contribution in [0.1, 0.15) is 11.8 Å². The van der Waals surface area contributed by atoms with Crippen LogP contribution in [-0.2, 0) is 16.1 Å². The SMILES string of the molecule is COC(=O)[C@H](C)CNCc1cccs1. The van der Waals surface area contributed by atoms with Crippen molar-refractivity contribution in [3.05, 3.63) is 22.4 Å². The van der Waals surface area contributed by atoms with Crippen LogP contribution < -0.4 is 5.32 Å². The minimum absolute atomic E-state index is 0.0834. The summed E-state index contributed by atoms with van der Waals surface area (Å²) < 4.78 is 4.62. The van der Waals surface area contributed by atoms with Gasteiger partial charge >= 0.3 is 5.97 Å². The van der Waals surface area contributed by atoms with Gasteiger partial charge in [0.2, 0.25) is 0 Å². The zero-order chi connectivity index (χ0) is 10.4. The summed E-state index contributed by atoms with van der Waals surface area (Å²) in [5.74, 6) is -0.247. The van der Waals surface area contributed by atoms with Gasteiger partial charge in [0.1, 0.15) is 0 Å². The predicted octanol–water partition coefficient (Wildman–Crippen LogP) is 1.65. The van der Waals surface area contributed by atoms with Crippen LogP contribution in [0, 0.1) is 5.92 Å². The molecule has 1 rings (SSSR count). The van der Waals surface area contributed by atoms with Crippen LogP contribution in [0.2, 0.25) is 0 Å². The third-order valence-electron chi connectivity index (χ3n) is 1.93. The summed E-state index contributed by atoms with van der Waals surface area (Å²) in [4.78, 5) is 12.3. The van der Waals surface area contributed by atoms with E-state index in [4.69, 9.17) is 0 Å². The van der Waals surface area contributed by atoms with Crippen LogP contribution in [0.3, 0.4) is 0 Å². The Bertz CT molecular complexity index is 272. The fraction of sp³-hybridized carbons (Fsp3) is 0.500. The molecule has 78 valence electrons. The molecule has 0 spiro atoms. The van der Waals surface area contributed by atoms with Gasteiger partial charge in [0.05, 0.1) is 13.0 Å². The quantitative estimate of drug-likeness (QED) is 0.756. The number of carbonyl (C=O) groups is 1. The van der Waals surface area contributed by atoms with E-state index < -0.39 is 0 Å². The number of methoxy groups -OCH3 is 1.